The lowest BCUT2D eigenvalue weighted by Crippen LogP contribution is -2.21. The molecule has 38 heavy (non-hydrogen) atoms. The topological polar surface area (TPSA) is 58.2 Å². The van der Waals surface area contributed by atoms with E-state index < -0.39 is 0 Å². The maximum atomic E-state index is 12.2. The van der Waals surface area contributed by atoms with E-state index in [2.05, 4.69) is 76.4 Å². The Balaban J connectivity index is 1.42. The standard InChI is InChI=1S/C34H40N2O2/c1-33(2,3)29-17-11-25(12-18-29)15-21-31(37)35-23-27-7-9-28(10-8-27)24-36-32(38)22-16-26-13-19-30(20-14-26)34(4,5)6/h7-22H,23-24H2,1-6H3,(H,35,37)(H,36,38)/b21-15+,22-16+. The van der Waals surface area contributed by atoms with Crippen LogP contribution in [-0.4, -0.2) is 11.8 Å². The van der Waals surface area contributed by atoms with Crippen LogP contribution in [0.2, 0.25) is 0 Å². The first-order valence-electron chi connectivity index (χ1n) is 13.1. The van der Waals surface area contributed by atoms with Crippen LogP contribution in [0.5, 0.6) is 0 Å². The number of hydrogen-bond acceptors (Lipinski definition) is 2. The third-order valence-electron chi connectivity index (χ3n) is 6.36. The first-order chi connectivity index (χ1) is 17.9. The molecule has 0 fully saturated rings. The van der Waals surface area contributed by atoms with E-state index in [1.165, 1.54) is 11.1 Å². The van der Waals surface area contributed by atoms with Crippen LogP contribution in [0.1, 0.15) is 74.9 Å². The van der Waals surface area contributed by atoms with E-state index in [1.54, 1.807) is 12.2 Å². The summed E-state index contributed by atoms with van der Waals surface area (Å²) in [5, 5.41) is 5.83. The van der Waals surface area contributed by atoms with Gasteiger partial charge in [0, 0.05) is 25.2 Å². The third-order valence-corrected chi connectivity index (χ3v) is 6.36. The molecule has 0 saturated heterocycles. The van der Waals surface area contributed by atoms with Gasteiger partial charge in [0.25, 0.3) is 0 Å². The fourth-order valence-corrected chi connectivity index (χ4v) is 3.80. The molecule has 4 nitrogen and oxygen atoms in total. The van der Waals surface area contributed by atoms with E-state index in [4.69, 9.17) is 0 Å². The van der Waals surface area contributed by atoms with Crippen molar-refractivity contribution in [3.05, 3.63) is 118 Å². The summed E-state index contributed by atoms with van der Waals surface area (Å²) < 4.78 is 0. The van der Waals surface area contributed by atoms with E-state index in [-0.39, 0.29) is 22.6 Å². The number of nitrogens with one attached hydrogen (secondary N) is 2. The first kappa shape index (κ1) is 28.6. The highest BCUT2D eigenvalue weighted by Gasteiger charge is 2.13. The van der Waals surface area contributed by atoms with Crippen molar-refractivity contribution in [1.82, 2.24) is 10.6 Å². The summed E-state index contributed by atoms with van der Waals surface area (Å²) in [6.07, 6.45) is 6.76. The molecular weight excluding hydrogens is 468 g/mol. The van der Waals surface area contributed by atoms with Crippen molar-refractivity contribution in [3.63, 3.8) is 0 Å². The second-order valence-corrected chi connectivity index (χ2v) is 11.7. The minimum atomic E-state index is -0.138. The number of rotatable bonds is 8. The van der Waals surface area contributed by atoms with Gasteiger partial charge in [0.05, 0.1) is 0 Å². The van der Waals surface area contributed by atoms with Crippen molar-refractivity contribution in [1.29, 1.82) is 0 Å². The number of carbonyl (C=O) groups is 2. The Morgan fingerprint density at radius 2 is 0.868 bits per heavy atom. The largest absolute Gasteiger partial charge is 0.348 e. The monoisotopic (exact) mass is 508 g/mol. The highest BCUT2D eigenvalue weighted by molar-refractivity contribution is 5.92. The minimum absolute atomic E-state index is 0.108. The summed E-state index contributed by atoms with van der Waals surface area (Å²) in [6.45, 7) is 14.0. The van der Waals surface area contributed by atoms with Crippen LogP contribution in [0.15, 0.2) is 84.9 Å². The first-order valence-corrected chi connectivity index (χ1v) is 13.1. The zero-order valence-corrected chi connectivity index (χ0v) is 23.5. The molecule has 2 amide bonds. The Morgan fingerprint density at radius 1 is 0.553 bits per heavy atom. The maximum Gasteiger partial charge on any atom is 0.244 e. The van der Waals surface area contributed by atoms with Crippen LogP contribution >= 0.6 is 0 Å². The second-order valence-electron chi connectivity index (χ2n) is 11.7. The molecule has 0 aliphatic rings. The number of amides is 2. The Hall–Kier alpha value is -3.92. The van der Waals surface area contributed by atoms with Crippen LogP contribution < -0.4 is 10.6 Å². The fourth-order valence-electron chi connectivity index (χ4n) is 3.80. The normalized spacial score (nSPS) is 12.2. The van der Waals surface area contributed by atoms with Crippen LogP contribution in [0.25, 0.3) is 12.2 Å². The molecule has 3 aromatic carbocycles. The average Bonchev–Trinajstić information content (AvgIpc) is 2.88. The van der Waals surface area contributed by atoms with Gasteiger partial charge in [-0.05, 0) is 56.4 Å². The summed E-state index contributed by atoms with van der Waals surface area (Å²) in [7, 11) is 0. The van der Waals surface area contributed by atoms with Gasteiger partial charge < -0.3 is 10.6 Å². The van der Waals surface area contributed by atoms with Gasteiger partial charge in [-0.2, -0.15) is 0 Å². The predicted molar refractivity (Wildman–Crippen MR) is 158 cm³/mol. The quantitative estimate of drug-likeness (QED) is 0.324. The van der Waals surface area contributed by atoms with Gasteiger partial charge in [0.2, 0.25) is 11.8 Å². The van der Waals surface area contributed by atoms with E-state index in [1.807, 2.05) is 60.7 Å². The molecule has 0 bridgehead atoms. The van der Waals surface area contributed by atoms with Gasteiger partial charge in [-0.3, -0.25) is 9.59 Å². The molecule has 198 valence electrons. The van der Waals surface area contributed by atoms with Crippen LogP contribution in [-0.2, 0) is 33.5 Å². The molecule has 0 aliphatic heterocycles. The number of carbonyl (C=O) groups excluding carboxylic acids is 2. The molecule has 0 aromatic heterocycles. The zero-order chi connectivity index (χ0) is 27.8. The van der Waals surface area contributed by atoms with Crippen molar-refractivity contribution < 1.29 is 9.59 Å². The molecule has 2 N–H and O–H groups in total. The van der Waals surface area contributed by atoms with E-state index in [9.17, 15) is 9.59 Å². The highest BCUT2D eigenvalue weighted by Crippen LogP contribution is 2.23. The molecule has 0 atom stereocenters. The summed E-state index contributed by atoms with van der Waals surface area (Å²) in [6, 6.07) is 24.4. The summed E-state index contributed by atoms with van der Waals surface area (Å²) in [5.74, 6) is -0.276. The molecule has 0 spiro atoms. The van der Waals surface area contributed by atoms with Gasteiger partial charge >= 0.3 is 0 Å². The van der Waals surface area contributed by atoms with Gasteiger partial charge in [-0.1, -0.05) is 114 Å². The predicted octanol–water partition coefficient (Wildman–Crippen LogP) is 6.94. The van der Waals surface area contributed by atoms with Crippen molar-refractivity contribution in [2.45, 2.75) is 65.5 Å². The fraction of sp³-hybridized carbons (Fsp3) is 0.294. The number of hydrogen-bond donors (Lipinski definition) is 2. The number of benzene rings is 3. The third kappa shape index (κ3) is 9.19. The summed E-state index contributed by atoms with van der Waals surface area (Å²) in [4.78, 5) is 24.5. The minimum Gasteiger partial charge on any atom is -0.348 e. The van der Waals surface area contributed by atoms with Crippen LogP contribution in [0.3, 0.4) is 0 Å². The van der Waals surface area contributed by atoms with Crippen LogP contribution in [0.4, 0.5) is 0 Å². The van der Waals surface area contributed by atoms with Crippen LogP contribution in [0, 0.1) is 0 Å². The van der Waals surface area contributed by atoms with Gasteiger partial charge in [0.1, 0.15) is 0 Å². The summed E-state index contributed by atoms with van der Waals surface area (Å²) >= 11 is 0. The Morgan fingerprint density at radius 3 is 1.16 bits per heavy atom. The Kier molecular flexibility index (Phi) is 9.46. The maximum absolute atomic E-state index is 12.2. The molecule has 0 saturated carbocycles. The summed E-state index contributed by atoms with van der Waals surface area (Å²) in [5.41, 5.74) is 6.72. The molecular formula is C34H40N2O2. The van der Waals surface area contributed by atoms with E-state index in [0.717, 1.165) is 22.3 Å². The van der Waals surface area contributed by atoms with Gasteiger partial charge in [-0.15, -0.1) is 0 Å². The van der Waals surface area contributed by atoms with Crippen molar-refractivity contribution in [2.75, 3.05) is 0 Å². The average molecular weight is 509 g/mol. The van der Waals surface area contributed by atoms with Crippen molar-refractivity contribution in [2.24, 2.45) is 0 Å². The lowest BCUT2D eigenvalue weighted by molar-refractivity contribution is -0.117. The molecule has 3 aromatic rings. The molecule has 0 aliphatic carbocycles. The van der Waals surface area contributed by atoms with E-state index in [0.29, 0.717) is 13.1 Å². The Labute approximate surface area is 227 Å². The molecule has 0 radical (unpaired) electrons. The lowest BCUT2D eigenvalue weighted by Gasteiger charge is -2.18. The Bertz CT molecular complexity index is 1170. The lowest BCUT2D eigenvalue weighted by atomic mass is 9.87. The molecule has 0 unspecified atom stereocenters. The van der Waals surface area contributed by atoms with Crippen molar-refractivity contribution in [3.8, 4) is 0 Å². The van der Waals surface area contributed by atoms with Gasteiger partial charge in [-0.25, -0.2) is 0 Å². The van der Waals surface area contributed by atoms with Gasteiger partial charge in [0.15, 0.2) is 0 Å². The highest BCUT2D eigenvalue weighted by atomic mass is 16.2. The smallest absolute Gasteiger partial charge is 0.244 e. The molecule has 0 heterocycles. The SMILES string of the molecule is CC(C)(C)c1ccc(/C=C/C(=O)NCc2ccc(CNC(=O)/C=C/c3ccc(C(C)(C)C)cc3)cc2)cc1. The zero-order valence-electron chi connectivity index (χ0n) is 23.5. The second kappa shape index (κ2) is 12.6. The van der Waals surface area contributed by atoms with Crippen molar-refractivity contribution >= 4 is 24.0 Å². The molecule has 3 rings (SSSR count). The molecule has 4 heteroatoms. The van der Waals surface area contributed by atoms with E-state index >= 15 is 0 Å².